The SMILES string of the molecule is O=C(CCCCO)OCCCCC(=O)OCC(O)CO. The molecule has 7 nitrogen and oxygen atoms in total. The normalized spacial score (nSPS) is 11.9. The second-order valence-electron chi connectivity index (χ2n) is 4.38. The average Bonchev–Trinajstić information content (AvgIpc) is 2.44. The maximum absolute atomic E-state index is 11.2. The number of rotatable bonds is 12. The number of ether oxygens (including phenoxy) is 2. The molecule has 1 atom stereocenters. The van der Waals surface area contributed by atoms with Crippen molar-refractivity contribution >= 4 is 11.9 Å². The number of unbranched alkanes of at least 4 members (excludes halogenated alkanes) is 2. The quantitative estimate of drug-likeness (QED) is 0.336. The average molecular weight is 292 g/mol. The molecule has 0 heterocycles. The van der Waals surface area contributed by atoms with Crippen LogP contribution in [0.2, 0.25) is 0 Å². The van der Waals surface area contributed by atoms with Crippen LogP contribution in [0.3, 0.4) is 0 Å². The lowest BCUT2D eigenvalue weighted by Crippen LogP contribution is -2.21. The Morgan fingerprint density at radius 3 is 2.10 bits per heavy atom. The molecule has 0 aromatic carbocycles. The first kappa shape index (κ1) is 18.8. The van der Waals surface area contributed by atoms with E-state index in [0.717, 1.165) is 0 Å². The molecule has 7 heteroatoms. The van der Waals surface area contributed by atoms with Crippen LogP contribution in [-0.4, -0.2) is 59.8 Å². The summed E-state index contributed by atoms with van der Waals surface area (Å²) in [5.41, 5.74) is 0. The number of aliphatic hydroxyl groups is 3. The Morgan fingerprint density at radius 1 is 0.900 bits per heavy atom. The van der Waals surface area contributed by atoms with E-state index in [4.69, 9.17) is 24.8 Å². The Hall–Kier alpha value is -1.18. The molecule has 3 N–H and O–H groups in total. The van der Waals surface area contributed by atoms with E-state index in [1.54, 1.807) is 0 Å². The molecule has 0 saturated carbocycles. The van der Waals surface area contributed by atoms with Crippen LogP contribution in [0, 0.1) is 0 Å². The van der Waals surface area contributed by atoms with Gasteiger partial charge in [0, 0.05) is 19.4 Å². The fourth-order valence-electron chi connectivity index (χ4n) is 1.32. The molecule has 0 saturated heterocycles. The van der Waals surface area contributed by atoms with Gasteiger partial charge in [-0.05, 0) is 25.7 Å². The molecular weight excluding hydrogens is 268 g/mol. The van der Waals surface area contributed by atoms with Crippen molar-refractivity contribution in [1.29, 1.82) is 0 Å². The van der Waals surface area contributed by atoms with E-state index >= 15 is 0 Å². The number of esters is 2. The molecule has 0 bridgehead atoms. The monoisotopic (exact) mass is 292 g/mol. The second kappa shape index (κ2) is 12.8. The predicted molar refractivity (Wildman–Crippen MR) is 69.8 cm³/mol. The van der Waals surface area contributed by atoms with Crippen LogP contribution in [0.4, 0.5) is 0 Å². The zero-order valence-electron chi connectivity index (χ0n) is 11.6. The van der Waals surface area contributed by atoms with Crippen molar-refractivity contribution in [2.75, 3.05) is 26.4 Å². The van der Waals surface area contributed by atoms with Gasteiger partial charge in [0.15, 0.2) is 0 Å². The Labute approximate surface area is 118 Å². The van der Waals surface area contributed by atoms with E-state index in [1.165, 1.54) is 0 Å². The molecule has 0 aliphatic heterocycles. The van der Waals surface area contributed by atoms with Gasteiger partial charge in [-0.1, -0.05) is 0 Å². The van der Waals surface area contributed by atoms with E-state index in [2.05, 4.69) is 0 Å². The molecule has 0 aliphatic carbocycles. The number of aliphatic hydroxyl groups excluding tert-OH is 3. The smallest absolute Gasteiger partial charge is 0.305 e. The van der Waals surface area contributed by atoms with E-state index in [1.807, 2.05) is 0 Å². The number of hydrogen-bond donors (Lipinski definition) is 3. The summed E-state index contributed by atoms with van der Waals surface area (Å²) in [4.78, 5) is 22.4. The third-order valence-electron chi connectivity index (χ3n) is 2.47. The highest BCUT2D eigenvalue weighted by Crippen LogP contribution is 2.01. The lowest BCUT2D eigenvalue weighted by Gasteiger charge is -2.08. The molecule has 0 radical (unpaired) electrons. The van der Waals surface area contributed by atoms with Crippen molar-refractivity contribution < 1.29 is 34.4 Å². The number of carbonyl (C=O) groups is 2. The van der Waals surface area contributed by atoms with Crippen molar-refractivity contribution in [1.82, 2.24) is 0 Å². The fraction of sp³-hybridized carbons (Fsp3) is 0.846. The van der Waals surface area contributed by atoms with Gasteiger partial charge < -0.3 is 24.8 Å². The number of hydrogen-bond acceptors (Lipinski definition) is 7. The largest absolute Gasteiger partial charge is 0.466 e. The molecule has 0 spiro atoms. The minimum atomic E-state index is -1.04. The topological polar surface area (TPSA) is 113 Å². The summed E-state index contributed by atoms with van der Waals surface area (Å²) in [5.74, 6) is -0.751. The Kier molecular flexibility index (Phi) is 12.1. The summed E-state index contributed by atoms with van der Waals surface area (Å²) in [7, 11) is 0. The summed E-state index contributed by atoms with van der Waals surface area (Å²) in [5, 5.41) is 26.0. The molecule has 0 aromatic rings. The van der Waals surface area contributed by atoms with Crippen LogP contribution < -0.4 is 0 Å². The zero-order chi connectivity index (χ0) is 15.2. The van der Waals surface area contributed by atoms with Crippen LogP contribution in [0.25, 0.3) is 0 Å². The van der Waals surface area contributed by atoms with Gasteiger partial charge in [-0.2, -0.15) is 0 Å². The third kappa shape index (κ3) is 11.9. The van der Waals surface area contributed by atoms with Gasteiger partial charge in [0.25, 0.3) is 0 Å². The van der Waals surface area contributed by atoms with Gasteiger partial charge in [0.1, 0.15) is 12.7 Å². The third-order valence-corrected chi connectivity index (χ3v) is 2.47. The molecule has 0 fully saturated rings. The van der Waals surface area contributed by atoms with Crippen LogP contribution >= 0.6 is 0 Å². The highest BCUT2D eigenvalue weighted by Gasteiger charge is 2.08. The van der Waals surface area contributed by atoms with E-state index in [9.17, 15) is 9.59 Å². The number of carbonyl (C=O) groups excluding carboxylic acids is 2. The predicted octanol–water partition coefficient (Wildman–Crippen LogP) is -0.241. The first-order chi connectivity index (χ1) is 9.60. The van der Waals surface area contributed by atoms with Gasteiger partial charge in [-0.25, -0.2) is 0 Å². The lowest BCUT2D eigenvalue weighted by molar-refractivity contribution is -0.147. The first-order valence-corrected chi connectivity index (χ1v) is 6.81. The Balaban J connectivity index is 3.38. The molecule has 1 unspecified atom stereocenters. The van der Waals surface area contributed by atoms with Crippen LogP contribution in [0.1, 0.15) is 38.5 Å². The zero-order valence-corrected chi connectivity index (χ0v) is 11.6. The van der Waals surface area contributed by atoms with E-state index in [0.29, 0.717) is 32.1 Å². The van der Waals surface area contributed by atoms with Gasteiger partial charge in [-0.3, -0.25) is 9.59 Å². The highest BCUT2D eigenvalue weighted by molar-refractivity contribution is 5.69. The Morgan fingerprint density at radius 2 is 1.50 bits per heavy atom. The molecule has 118 valence electrons. The van der Waals surface area contributed by atoms with Crippen LogP contribution in [-0.2, 0) is 19.1 Å². The van der Waals surface area contributed by atoms with Crippen molar-refractivity contribution in [3.05, 3.63) is 0 Å². The molecule has 0 aliphatic rings. The van der Waals surface area contributed by atoms with Gasteiger partial charge in [-0.15, -0.1) is 0 Å². The molecular formula is C13H24O7. The van der Waals surface area contributed by atoms with Crippen molar-refractivity contribution in [3.8, 4) is 0 Å². The first-order valence-electron chi connectivity index (χ1n) is 6.81. The minimum absolute atomic E-state index is 0.0698. The van der Waals surface area contributed by atoms with Gasteiger partial charge in [0.05, 0.1) is 13.2 Å². The van der Waals surface area contributed by atoms with Gasteiger partial charge in [0.2, 0.25) is 0 Å². The summed E-state index contributed by atoms with van der Waals surface area (Å²) in [6, 6.07) is 0. The highest BCUT2D eigenvalue weighted by atomic mass is 16.5. The maximum Gasteiger partial charge on any atom is 0.305 e. The van der Waals surface area contributed by atoms with E-state index < -0.39 is 18.7 Å². The Bertz CT molecular complexity index is 267. The summed E-state index contributed by atoms with van der Waals surface area (Å²) in [6.45, 7) is -0.334. The second-order valence-corrected chi connectivity index (χ2v) is 4.38. The summed E-state index contributed by atoms with van der Waals surface area (Å²) < 4.78 is 9.65. The minimum Gasteiger partial charge on any atom is -0.466 e. The molecule has 0 amide bonds. The molecule has 0 aromatic heterocycles. The van der Waals surface area contributed by atoms with E-state index in [-0.39, 0.29) is 32.2 Å². The van der Waals surface area contributed by atoms with Crippen LogP contribution in [0.5, 0.6) is 0 Å². The van der Waals surface area contributed by atoms with Gasteiger partial charge >= 0.3 is 11.9 Å². The molecule has 0 rings (SSSR count). The van der Waals surface area contributed by atoms with Crippen molar-refractivity contribution in [2.24, 2.45) is 0 Å². The maximum atomic E-state index is 11.2. The molecule has 20 heavy (non-hydrogen) atoms. The summed E-state index contributed by atoms with van der Waals surface area (Å²) >= 11 is 0. The summed E-state index contributed by atoms with van der Waals surface area (Å²) in [6.07, 6.45) is 1.71. The van der Waals surface area contributed by atoms with Crippen molar-refractivity contribution in [2.45, 2.75) is 44.6 Å². The lowest BCUT2D eigenvalue weighted by atomic mass is 10.2. The van der Waals surface area contributed by atoms with Crippen LogP contribution in [0.15, 0.2) is 0 Å². The van der Waals surface area contributed by atoms with Crippen molar-refractivity contribution in [3.63, 3.8) is 0 Å². The standard InChI is InChI=1S/C13H24O7/c14-7-3-1-5-12(17)19-8-4-2-6-13(18)20-10-11(16)9-15/h11,14-16H,1-10H2. The fourth-order valence-corrected chi connectivity index (χ4v) is 1.32.